The van der Waals surface area contributed by atoms with Crippen molar-refractivity contribution in [3.63, 3.8) is 0 Å². The first-order chi connectivity index (χ1) is 7.53. The van der Waals surface area contributed by atoms with Crippen molar-refractivity contribution in [2.75, 3.05) is 17.7 Å². The maximum atomic E-state index is 11.6. The van der Waals surface area contributed by atoms with Gasteiger partial charge in [-0.05, 0) is 26.1 Å². The fraction of sp³-hybridized carbons (Fsp3) is 0.400. The summed E-state index contributed by atoms with van der Waals surface area (Å²) >= 11 is 0. The maximum Gasteiger partial charge on any atom is 0.257 e. The molecule has 0 aromatic heterocycles. The number of hydrogen-bond acceptors (Lipinski definition) is 4. The molecule has 2 N–H and O–H groups in total. The van der Waals surface area contributed by atoms with E-state index in [9.17, 15) is 8.42 Å². The fourth-order valence-corrected chi connectivity index (χ4v) is 1.93. The topological polar surface area (TPSA) is 67.4 Å². The highest BCUT2D eigenvalue weighted by molar-refractivity contribution is 7.92. The van der Waals surface area contributed by atoms with Crippen molar-refractivity contribution in [2.45, 2.75) is 13.2 Å². The highest BCUT2D eigenvalue weighted by atomic mass is 32.2. The van der Waals surface area contributed by atoms with Crippen molar-refractivity contribution in [1.82, 2.24) is 5.32 Å². The Morgan fingerprint density at radius 1 is 1.31 bits per heavy atom. The van der Waals surface area contributed by atoms with Crippen LogP contribution in [-0.2, 0) is 14.8 Å². The molecule has 0 fully saturated rings. The molecule has 1 aromatic carbocycles. The van der Waals surface area contributed by atoms with Gasteiger partial charge in [0.1, 0.15) is 6.23 Å². The number of sulfonamides is 1. The number of anilines is 1. The van der Waals surface area contributed by atoms with Gasteiger partial charge in [-0.15, -0.1) is 0 Å². The van der Waals surface area contributed by atoms with Gasteiger partial charge in [-0.25, -0.2) is 8.42 Å². The summed E-state index contributed by atoms with van der Waals surface area (Å²) in [5, 5.41) is 2.79. The number of hydrogen-bond donors (Lipinski definition) is 2. The minimum Gasteiger partial charge on any atom is -0.346 e. The van der Waals surface area contributed by atoms with E-state index in [1.807, 2.05) is 6.07 Å². The Morgan fingerprint density at radius 3 is 2.50 bits per heavy atom. The smallest absolute Gasteiger partial charge is 0.257 e. The Hall–Kier alpha value is -1.11. The van der Waals surface area contributed by atoms with Gasteiger partial charge in [0.15, 0.2) is 5.94 Å². The van der Waals surface area contributed by atoms with Gasteiger partial charge in [-0.2, -0.15) is 0 Å². The summed E-state index contributed by atoms with van der Waals surface area (Å²) < 4.78 is 30.6. The van der Waals surface area contributed by atoms with E-state index >= 15 is 0 Å². The van der Waals surface area contributed by atoms with Crippen LogP contribution in [0.2, 0.25) is 0 Å². The summed E-state index contributed by atoms with van der Waals surface area (Å²) in [6.07, 6.45) is -0.299. The predicted molar refractivity (Wildman–Crippen MR) is 63.5 cm³/mol. The van der Waals surface area contributed by atoms with E-state index in [0.29, 0.717) is 5.69 Å². The lowest BCUT2D eigenvalue weighted by molar-refractivity contribution is 0.0806. The molecule has 1 rings (SSSR count). The first-order valence-corrected chi connectivity index (χ1v) is 6.53. The van der Waals surface area contributed by atoms with Crippen LogP contribution in [0, 0.1) is 0 Å². The van der Waals surface area contributed by atoms with Gasteiger partial charge in [-0.3, -0.25) is 10.0 Å². The Kier molecular flexibility index (Phi) is 4.72. The van der Waals surface area contributed by atoms with Crippen molar-refractivity contribution >= 4 is 15.7 Å². The van der Waals surface area contributed by atoms with Crippen molar-refractivity contribution in [1.29, 1.82) is 0 Å². The van der Waals surface area contributed by atoms with Gasteiger partial charge in [0.25, 0.3) is 10.0 Å². The fourth-order valence-electron chi connectivity index (χ4n) is 0.990. The summed E-state index contributed by atoms with van der Waals surface area (Å²) in [7, 11) is -1.76. The normalized spacial score (nSPS) is 13.4. The minimum atomic E-state index is -3.45. The third kappa shape index (κ3) is 4.61. The van der Waals surface area contributed by atoms with E-state index in [4.69, 9.17) is 4.74 Å². The number of para-hydroxylation sites is 1. The van der Waals surface area contributed by atoms with Crippen LogP contribution in [0.15, 0.2) is 30.3 Å². The summed E-state index contributed by atoms with van der Waals surface area (Å²) in [6, 6.07) is 8.69. The Bertz CT molecular complexity index is 405. The van der Waals surface area contributed by atoms with Crippen LogP contribution < -0.4 is 10.0 Å². The van der Waals surface area contributed by atoms with Crippen molar-refractivity contribution in [3.05, 3.63) is 30.3 Å². The largest absolute Gasteiger partial charge is 0.346 e. The highest BCUT2D eigenvalue weighted by Gasteiger charge is 2.11. The summed E-state index contributed by atoms with van der Waals surface area (Å²) in [4.78, 5) is 0. The van der Waals surface area contributed by atoms with E-state index in [0.717, 1.165) is 0 Å². The molecule has 0 heterocycles. The maximum absolute atomic E-state index is 11.6. The number of nitrogens with one attached hydrogen (secondary N) is 2. The molecule has 0 saturated heterocycles. The van der Waals surface area contributed by atoms with Gasteiger partial charge in [0, 0.05) is 5.69 Å². The van der Waals surface area contributed by atoms with Crippen molar-refractivity contribution in [2.24, 2.45) is 0 Å². The predicted octanol–water partition coefficient (Wildman–Crippen LogP) is 0.968. The standard InChI is InChI=1S/C10H16N2O3S/c1-9(11-2)15-8-16(13,14)12-10-6-4-3-5-7-10/h3-7,9,11-12H,8H2,1-2H3. The van der Waals surface area contributed by atoms with Crippen molar-refractivity contribution in [3.8, 4) is 0 Å². The zero-order valence-electron chi connectivity index (χ0n) is 9.30. The number of ether oxygens (including phenoxy) is 1. The second-order valence-electron chi connectivity index (χ2n) is 3.30. The highest BCUT2D eigenvalue weighted by Crippen LogP contribution is 2.08. The summed E-state index contributed by atoms with van der Waals surface area (Å²) in [5.74, 6) is -0.371. The van der Waals surface area contributed by atoms with E-state index in [-0.39, 0.29) is 12.2 Å². The molecule has 16 heavy (non-hydrogen) atoms. The van der Waals surface area contributed by atoms with Crippen LogP contribution in [0.1, 0.15) is 6.92 Å². The second-order valence-corrected chi connectivity index (χ2v) is 4.97. The molecule has 1 unspecified atom stereocenters. The van der Waals surface area contributed by atoms with Gasteiger partial charge >= 0.3 is 0 Å². The molecule has 5 nitrogen and oxygen atoms in total. The van der Waals surface area contributed by atoms with Crippen LogP contribution in [0.5, 0.6) is 0 Å². The van der Waals surface area contributed by atoms with Crippen molar-refractivity contribution < 1.29 is 13.2 Å². The van der Waals surface area contributed by atoms with Gasteiger partial charge < -0.3 is 4.74 Å². The molecular formula is C10H16N2O3S. The molecule has 1 aromatic rings. The molecule has 90 valence electrons. The zero-order valence-corrected chi connectivity index (χ0v) is 10.1. The van der Waals surface area contributed by atoms with Gasteiger partial charge in [-0.1, -0.05) is 18.2 Å². The average Bonchev–Trinajstić information content (AvgIpc) is 2.27. The number of rotatable bonds is 6. The monoisotopic (exact) mass is 244 g/mol. The first-order valence-electron chi connectivity index (χ1n) is 4.88. The second kappa shape index (κ2) is 5.83. The third-order valence-corrected chi connectivity index (χ3v) is 2.92. The Morgan fingerprint density at radius 2 is 1.94 bits per heavy atom. The van der Waals surface area contributed by atoms with Gasteiger partial charge in [0.05, 0.1) is 0 Å². The third-order valence-electron chi connectivity index (χ3n) is 1.93. The zero-order chi connectivity index (χ0) is 12.0. The van der Waals surface area contributed by atoms with Crippen LogP contribution in [-0.4, -0.2) is 27.6 Å². The molecule has 0 aliphatic carbocycles. The first kappa shape index (κ1) is 13.0. The lowest BCUT2D eigenvalue weighted by Crippen LogP contribution is -2.29. The van der Waals surface area contributed by atoms with E-state index in [2.05, 4.69) is 10.0 Å². The average molecular weight is 244 g/mol. The SMILES string of the molecule is CNC(C)OCS(=O)(=O)Nc1ccccc1. The molecule has 0 bridgehead atoms. The van der Waals surface area contributed by atoms with E-state index in [1.165, 1.54) is 0 Å². The van der Waals surface area contributed by atoms with Crippen LogP contribution in [0.3, 0.4) is 0 Å². The van der Waals surface area contributed by atoms with Crippen LogP contribution in [0.25, 0.3) is 0 Å². The quantitative estimate of drug-likeness (QED) is 0.732. The minimum absolute atomic E-state index is 0.299. The molecule has 1 atom stereocenters. The lowest BCUT2D eigenvalue weighted by Gasteiger charge is -2.13. The molecule has 0 aliphatic heterocycles. The molecular weight excluding hydrogens is 228 g/mol. The molecule has 0 spiro atoms. The molecule has 6 heteroatoms. The van der Waals surface area contributed by atoms with E-state index in [1.54, 1.807) is 38.2 Å². The molecule has 0 saturated carbocycles. The molecule has 0 radical (unpaired) electrons. The number of benzene rings is 1. The molecule has 0 amide bonds. The summed E-state index contributed by atoms with van der Waals surface area (Å²) in [5.41, 5.74) is 0.531. The van der Waals surface area contributed by atoms with Crippen LogP contribution >= 0.6 is 0 Å². The van der Waals surface area contributed by atoms with E-state index < -0.39 is 10.0 Å². The van der Waals surface area contributed by atoms with Gasteiger partial charge in [0.2, 0.25) is 0 Å². The summed E-state index contributed by atoms with van der Waals surface area (Å²) in [6.45, 7) is 1.73. The van der Waals surface area contributed by atoms with Crippen LogP contribution in [0.4, 0.5) is 5.69 Å². The lowest BCUT2D eigenvalue weighted by atomic mass is 10.3. The Balaban J connectivity index is 2.53. The molecule has 0 aliphatic rings. The Labute approximate surface area is 95.9 Å².